The highest BCUT2D eigenvalue weighted by molar-refractivity contribution is 7.89. The number of hydrogen-bond donors (Lipinski definition) is 1. The van der Waals surface area contributed by atoms with Crippen molar-refractivity contribution in [1.29, 1.82) is 0 Å². The number of pyridine rings is 1. The van der Waals surface area contributed by atoms with Gasteiger partial charge >= 0.3 is 6.18 Å². The summed E-state index contributed by atoms with van der Waals surface area (Å²) in [7, 11) is -2.51. The number of primary sulfonamides is 1. The van der Waals surface area contributed by atoms with Crippen molar-refractivity contribution in [3.63, 3.8) is 0 Å². The summed E-state index contributed by atoms with van der Waals surface area (Å²) in [5, 5.41) is 5.04. The molecule has 2 heterocycles. The van der Waals surface area contributed by atoms with Crippen molar-refractivity contribution in [2.75, 3.05) is 7.11 Å². The van der Waals surface area contributed by atoms with Crippen LogP contribution >= 0.6 is 0 Å². The summed E-state index contributed by atoms with van der Waals surface area (Å²) in [6.07, 6.45) is -2.48. The molecule has 0 fully saturated rings. The zero-order valence-corrected chi connectivity index (χ0v) is 14.6. The highest BCUT2D eigenvalue weighted by Crippen LogP contribution is 2.32. The quantitative estimate of drug-likeness (QED) is 0.728. The highest BCUT2D eigenvalue weighted by Gasteiger charge is 2.35. The molecule has 0 amide bonds. The number of methoxy groups -OCH3 is 1. The van der Waals surface area contributed by atoms with Gasteiger partial charge in [0.25, 0.3) is 0 Å². The van der Waals surface area contributed by atoms with Gasteiger partial charge in [0.1, 0.15) is 11.4 Å². The molecule has 0 aliphatic heterocycles. The van der Waals surface area contributed by atoms with Gasteiger partial charge in [-0.25, -0.2) is 18.5 Å². The first kappa shape index (κ1) is 18.9. The van der Waals surface area contributed by atoms with Crippen LogP contribution in [0, 0.1) is 0 Å². The highest BCUT2D eigenvalue weighted by atomic mass is 32.2. The van der Waals surface area contributed by atoms with Gasteiger partial charge in [-0.3, -0.25) is 9.55 Å². The number of aromatic nitrogens is 3. The molecule has 0 saturated carbocycles. The van der Waals surface area contributed by atoms with Crippen molar-refractivity contribution < 1.29 is 26.3 Å². The van der Waals surface area contributed by atoms with Gasteiger partial charge in [0.2, 0.25) is 10.0 Å². The Bertz CT molecular complexity index is 1080. The fourth-order valence-corrected chi connectivity index (χ4v) is 2.87. The summed E-state index contributed by atoms with van der Waals surface area (Å²) in [4.78, 5) is 7.54. The van der Waals surface area contributed by atoms with Gasteiger partial charge in [0, 0.05) is 24.1 Å². The normalized spacial score (nSPS) is 12.2. The summed E-state index contributed by atoms with van der Waals surface area (Å²) in [5.41, 5.74) is -0.706. The average Bonchev–Trinajstić information content (AvgIpc) is 3.07. The molecule has 2 N–H and O–H groups in total. The maximum Gasteiger partial charge on any atom is 0.434 e. The van der Waals surface area contributed by atoms with Crippen LogP contribution in [0.25, 0.3) is 17.2 Å². The van der Waals surface area contributed by atoms with Crippen molar-refractivity contribution in [3.8, 4) is 23.0 Å². The van der Waals surface area contributed by atoms with Gasteiger partial charge in [-0.05, 0) is 30.3 Å². The average molecular weight is 398 g/mol. The third-order valence-electron chi connectivity index (χ3n) is 3.64. The van der Waals surface area contributed by atoms with Gasteiger partial charge in [0.15, 0.2) is 11.5 Å². The standard InChI is InChI=1S/C16H13F3N4O3S/c1-26-11-6-7-21-13(8-11)15-22-14(16(17,18)19)9-23(15)10-2-4-12(5-3-10)27(20,24)25/h2-9H,1H3,(H2,20,24,25). The van der Waals surface area contributed by atoms with Crippen molar-refractivity contribution in [1.82, 2.24) is 14.5 Å². The van der Waals surface area contributed by atoms with Crippen LogP contribution < -0.4 is 9.88 Å². The lowest BCUT2D eigenvalue weighted by Crippen LogP contribution is -2.12. The predicted molar refractivity (Wildman–Crippen MR) is 89.7 cm³/mol. The molecule has 0 bridgehead atoms. The van der Waals surface area contributed by atoms with Crippen molar-refractivity contribution in [3.05, 3.63) is 54.5 Å². The number of rotatable bonds is 4. The van der Waals surface area contributed by atoms with Crippen LogP contribution in [-0.2, 0) is 16.2 Å². The van der Waals surface area contributed by atoms with E-state index >= 15 is 0 Å². The second-order valence-corrected chi connectivity index (χ2v) is 7.00. The van der Waals surface area contributed by atoms with Crippen molar-refractivity contribution >= 4 is 10.0 Å². The molecule has 0 atom stereocenters. The molecular weight excluding hydrogens is 385 g/mol. The van der Waals surface area contributed by atoms with Crippen molar-refractivity contribution in [2.45, 2.75) is 11.1 Å². The van der Waals surface area contributed by atoms with E-state index in [4.69, 9.17) is 9.88 Å². The van der Waals surface area contributed by atoms with Gasteiger partial charge in [-0.15, -0.1) is 0 Å². The largest absolute Gasteiger partial charge is 0.497 e. The Hall–Kier alpha value is -2.92. The van der Waals surface area contributed by atoms with E-state index in [1.807, 2.05) is 0 Å². The first-order valence-electron chi connectivity index (χ1n) is 7.40. The number of nitrogens with two attached hydrogens (primary N) is 1. The maximum absolute atomic E-state index is 13.2. The van der Waals surface area contributed by atoms with Crippen LogP contribution in [-0.4, -0.2) is 30.1 Å². The maximum atomic E-state index is 13.2. The van der Waals surface area contributed by atoms with Crippen LogP contribution in [0.3, 0.4) is 0 Å². The minimum atomic E-state index is -4.67. The number of nitrogens with zero attached hydrogens (tertiary/aromatic N) is 3. The number of imidazole rings is 1. The van der Waals surface area contributed by atoms with Crippen LogP contribution in [0.2, 0.25) is 0 Å². The molecular formula is C16H13F3N4O3S. The summed E-state index contributed by atoms with van der Waals surface area (Å²) < 4.78 is 68.4. The molecule has 3 rings (SSSR count). The third-order valence-corrected chi connectivity index (χ3v) is 4.57. The number of benzene rings is 1. The first-order valence-corrected chi connectivity index (χ1v) is 8.94. The Morgan fingerprint density at radius 2 is 1.81 bits per heavy atom. The SMILES string of the molecule is COc1ccnc(-c2nc(C(F)(F)F)cn2-c2ccc(S(N)(=O)=O)cc2)c1. The number of halogens is 3. The Balaban J connectivity index is 2.17. The molecule has 142 valence electrons. The molecule has 27 heavy (non-hydrogen) atoms. The molecule has 1 aromatic carbocycles. The van der Waals surface area contributed by atoms with Crippen molar-refractivity contribution in [2.24, 2.45) is 5.14 Å². The van der Waals surface area contributed by atoms with Crippen LogP contribution in [0.1, 0.15) is 5.69 Å². The fourth-order valence-electron chi connectivity index (χ4n) is 2.35. The number of ether oxygens (including phenoxy) is 1. The van der Waals surface area contributed by atoms with E-state index in [2.05, 4.69) is 9.97 Å². The molecule has 0 unspecified atom stereocenters. The van der Waals surface area contributed by atoms with E-state index in [0.717, 1.165) is 10.8 Å². The zero-order chi connectivity index (χ0) is 19.8. The Kier molecular flexibility index (Phi) is 4.66. The van der Waals surface area contributed by atoms with Crippen LogP contribution in [0.15, 0.2) is 53.7 Å². The van der Waals surface area contributed by atoms with Gasteiger partial charge < -0.3 is 4.74 Å². The Morgan fingerprint density at radius 1 is 1.15 bits per heavy atom. The van der Waals surface area contributed by atoms with Gasteiger partial charge in [-0.1, -0.05) is 0 Å². The third kappa shape index (κ3) is 3.93. The molecule has 2 aromatic heterocycles. The van der Waals surface area contributed by atoms with Gasteiger partial charge in [0.05, 0.1) is 12.0 Å². The molecule has 3 aromatic rings. The molecule has 0 spiro atoms. The molecule has 0 aliphatic carbocycles. The lowest BCUT2D eigenvalue weighted by atomic mass is 10.3. The summed E-state index contributed by atoms with van der Waals surface area (Å²) in [6.45, 7) is 0. The summed E-state index contributed by atoms with van der Waals surface area (Å²) in [6, 6.07) is 8.03. The topological polar surface area (TPSA) is 100 Å². The predicted octanol–water partition coefficient (Wildman–Crippen LogP) is 2.61. The first-order chi connectivity index (χ1) is 12.6. The van der Waals surface area contributed by atoms with E-state index in [9.17, 15) is 21.6 Å². The van der Waals surface area contributed by atoms with Crippen LogP contribution in [0.4, 0.5) is 13.2 Å². The second kappa shape index (κ2) is 6.67. The molecule has 0 radical (unpaired) electrons. The minimum absolute atomic E-state index is 0.0791. The minimum Gasteiger partial charge on any atom is -0.497 e. The zero-order valence-electron chi connectivity index (χ0n) is 13.8. The Labute approximate surface area is 152 Å². The fraction of sp³-hybridized carbons (Fsp3) is 0.125. The molecule has 0 aliphatic rings. The van der Waals surface area contributed by atoms with E-state index in [-0.39, 0.29) is 22.1 Å². The number of hydrogen-bond acceptors (Lipinski definition) is 5. The number of alkyl halides is 3. The number of sulfonamides is 1. The molecule has 11 heteroatoms. The summed E-state index contributed by atoms with van der Waals surface area (Å²) >= 11 is 0. The van der Waals surface area contributed by atoms with Crippen LogP contribution in [0.5, 0.6) is 5.75 Å². The van der Waals surface area contributed by atoms with E-state index in [1.165, 1.54) is 43.6 Å². The van der Waals surface area contributed by atoms with Gasteiger partial charge in [-0.2, -0.15) is 13.2 Å². The van der Waals surface area contributed by atoms with E-state index < -0.39 is 21.9 Å². The molecule has 7 nitrogen and oxygen atoms in total. The lowest BCUT2D eigenvalue weighted by molar-refractivity contribution is -0.140. The van der Waals surface area contributed by atoms with E-state index in [0.29, 0.717) is 5.75 Å². The second-order valence-electron chi connectivity index (χ2n) is 5.44. The lowest BCUT2D eigenvalue weighted by Gasteiger charge is -2.09. The van der Waals surface area contributed by atoms with E-state index in [1.54, 1.807) is 6.07 Å². The Morgan fingerprint density at radius 3 is 2.37 bits per heavy atom. The summed E-state index contributed by atoms with van der Waals surface area (Å²) in [5.74, 6) is 0.317. The smallest absolute Gasteiger partial charge is 0.434 e. The monoisotopic (exact) mass is 398 g/mol. The molecule has 0 saturated heterocycles.